The molecule has 2 aromatic carbocycles. The molecule has 3 aromatic rings. The maximum atomic E-state index is 12.5. The van der Waals surface area contributed by atoms with Crippen molar-refractivity contribution in [3.8, 4) is 17.0 Å². The van der Waals surface area contributed by atoms with E-state index in [4.69, 9.17) is 21.0 Å². The zero-order chi connectivity index (χ0) is 19.6. The van der Waals surface area contributed by atoms with Gasteiger partial charge in [-0.2, -0.15) is 0 Å². The number of hydrogen-bond donors (Lipinski definition) is 1. The van der Waals surface area contributed by atoms with E-state index in [9.17, 15) is 4.79 Å². The fraction of sp³-hybridized carbons (Fsp3) is 0.250. The zero-order valence-electron chi connectivity index (χ0n) is 15.5. The molecule has 27 heavy (non-hydrogen) atoms. The maximum Gasteiger partial charge on any atom is 0.266 e. The summed E-state index contributed by atoms with van der Waals surface area (Å²) >= 11 is 6.01. The van der Waals surface area contributed by atoms with Gasteiger partial charge < -0.3 is 10.1 Å². The lowest BCUT2D eigenvalue weighted by atomic mass is 10.0. The molecule has 1 heterocycles. The topological polar surface area (TPSA) is 77.3 Å². The average Bonchev–Trinajstić information content (AvgIpc) is 3.08. The summed E-state index contributed by atoms with van der Waals surface area (Å²) in [5.74, 6) is 0.467. The third-order valence-corrected chi connectivity index (χ3v) is 4.61. The van der Waals surface area contributed by atoms with Gasteiger partial charge >= 0.3 is 0 Å². The van der Waals surface area contributed by atoms with Gasteiger partial charge in [-0.25, -0.2) is 4.63 Å². The molecular formula is C20H20ClN3O3. The van der Waals surface area contributed by atoms with E-state index >= 15 is 0 Å². The fourth-order valence-electron chi connectivity index (χ4n) is 2.60. The molecule has 0 saturated carbocycles. The summed E-state index contributed by atoms with van der Waals surface area (Å²) in [4.78, 5) is 12.5. The Morgan fingerprint density at radius 1 is 1.11 bits per heavy atom. The molecule has 1 unspecified atom stereocenters. The number of carbonyl (C=O) groups excluding carboxylic acids is 1. The molecule has 0 saturated heterocycles. The highest BCUT2D eigenvalue weighted by Gasteiger charge is 2.21. The lowest BCUT2D eigenvalue weighted by Crippen LogP contribution is -2.30. The molecule has 0 aliphatic carbocycles. The number of nitrogens with zero attached hydrogens (tertiary/aromatic N) is 2. The average molecular weight is 386 g/mol. The normalized spacial score (nSPS) is 11.9. The predicted octanol–water partition coefficient (Wildman–Crippen LogP) is 4.72. The second kappa shape index (κ2) is 7.80. The smallest absolute Gasteiger partial charge is 0.266 e. The molecule has 6 nitrogen and oxygen atoms in total. The zero-order valence-corrected chi connectivity index (χ0v) is 16.3. The predicted molar refractivity (Wildman–Crippen MR) is 104 cm³/mol. The lowest BCUT2D eigenvalue weighted by Gasteiger charge is -2.15. The molecular weight excluding hydrogens is 366 g/mol. The van der Waals surface area contributed by atoms with Crippen LogP contribution in [0.15, 0.2) is 41.0 Å². The molecule has 0 spiro atoms. The van der Waals surface area contributed by atoms with Gasteiger partial charge in [-0.1, -0.05) is 29.3 Å². The molecule has 0 fully saturated rings. The van der Waals surface area contributed by atoms with Gasteiger partial charge in [-0.05, 0) is 73.4 Å². The molecule has 1 N–H and O–H groups in total. The first kappa shape index (κ1) is 18.9. The minimum absolute atomic E-state index is 0.261. The van der Waals surface area contributed by atoms with E-state index in [1.165, 1.54) is 0 Å². The Morgan fingerprint density at radius 3 is 2.63 bits per heavy atom. The van der Waals surface area contributed by atoms with Gasteiger partial charge in [-0.15, -0.1) is 0 Å². The van der Waals surface area contributed by atoms with Crippen molar-refractivity contribution >= 4 is 23.3 Å². The van der Waals surface area contributed by atoms with E-state index in [0.29, 0.717) is 16.5 Å². The van der Waals surface area contributed by atoms with Crippen molar-refractivity contribution < 1.29 is 14.2 Å². The number of rotatable bonds is 5. The maximum absolute atomic E-state index is 12.5. The first-order chi connectivity index (χ1) is 12.8. The lowest BCUT2D eigenvalue weighted by molar-refractivity contribution is -0.122. The summed E-state index contributed by atoms with van der Waals surface area (Å²) in [6.07, 6.45) is -0.742. The standard InChI is InChI=1S/C20H20ClN3O3/c1-11-5-6-12(2)16(9-11)18-19(24-27-23-18)22-20(25)14(4)26-15-7-8-17(21)13(3)10-15/h5-10,14H,1-4H3,(H,22,24,25). The summed E-state index contributed by atoms with van der Waals surface area (Å²) in [6, 6.07) is 11.2. The summed E-state index contributed by atoms with van der Waals surface area (Å²) in [5.41, 5.74) is 4.30. The van der Waals surface area contributed by atoms with Crippen molar-refractivity contribution in [1.82, 2.24) is 10.3 Å². The number of carbonyl (C=O) groups is 1. The van der Waals surface area contributed by atoms with Crippen LogP contribution < -0.4 is 10.1 Å². The largest absolute Gasteiger partial charge is 0.481 e. The highest BCUT2D eigenvalue weighted by atomic mass is 35.5. The van der Waals surface area contributed by atoms with Gasteiger partial charge in [-0.3, -0.25) is 4.79 Å². The first-order valence-electron chi connectivity index (χ1n) is 8.49. The monoisotopic (exact) mass is 385 g/mol. The summed E-state index contributed by atoms with van der Waals surface area (Å²) in [6.45, 7) is 7.48. The van der Waals surface area contributed by atoms with Crippen molar-refractivity contribution in [3.63, 3.8) is 0 Å². The summed E-state index contributed by atoms with van der Waals surface area (Å²) in [5, 5.41) is 11.1. The summed E-state index contributed by atoms with van der Waals surface area (Å²) < 4.78 is 10.6. The number of hydrogen-bond acceptors (Lipinski definition) is 5. The van der Waals surface area contributed by atoms with E-state index in [1.54, 1.807) is 25.1 Å². The van der Waals surface area contributed by atoms with E-state index in [-0.39, 0.29) is 11.7 Å². The number of aromatic nitrogens is 2. The second-order valence-corrected chi connectivity index (χ2v) is 6.85. The Labute approximate surface area is 162 Å². The Morgan fingerprint density at radius 2 is 1.89 bits per heavy atom. The Balaban J connectivity index is 1.76. The van der Waals surface area contributed by atoms with Gasteiger partial charge in [0.25, 0.3) is 5.91 Å². The number of aryl methyl sites for hydroxylation is 3. The van der Waals surface area contributed by atoms with Crippen LogP contribution in [0.25, 0.3) is 11.3 Å². The van der Waals surface area contributed by atoms with E-state index < -0.39 is 6.10 Å². The van der Waals surface area contributed by atoms with Crippen molar-refractivity contribution in [1.29, 1.82) is 0 Å². The van der Waals surface area contributed by atoms with Crippen molar-refractivity contribution in [2.75, 3.05) is 5.32 Å². The Kier molecular flexibility index (Phi) is 5.46. The van der Waals surface area contributed by atoms with E-state index in [2.05, 4.69) is 15.6 Å². The van der Waals surface area contributed by atoms with Crippen LogP contribution in [-0.4, -0.2) is 22.3 Å². The SMILES string of the molecule is Cc1ccc(C)c(-c2nonc2NC(=O)C(C)Oc2ccc(Cl)c(C)c2)c1. The number of anilines is 1. The highest BCUT2D eigenvalue weighted by Crippen LogP contribution is 2.28. The number of nitrogens with one attached hydrogen (secondary N) is 1. The van der Waals surface area contributed by atoms with Crippen LogP contribution in [0.1, 0.15) is 23.6 Å². The Bertz CT molecular complexity index is 984. The molecule has 1 atom stereocenters. The van der Waals surface area contributed by atoms with Gasteiger partial charge in [0.15, 0.2) is 11.8 Å². The second-order valence-electron chi connectivity index (χ2n) is 6.44. The number of amides is 1. The molecule has 7 heteroatoms. The fourth-order valence-corrected chi connectivity index (χ4v) is 2.72. The number of ether oxygens (including phenoxy) is 1. The van der Waals surface area contributed by atoms with Gasteiger partial charge in [0.05, 0.1) is 0 Å². The van der Waals surface area contributed by atoms with E-state index in [0.717, 1.165) is 22.3 Å². The third kappa shape index (κ3) is 4.28. The van der Waals surface area contributed by atoms with Crippen molar-refractivity contribution in [2.45, 2.75) is 33.8 Å². The van der Waals surface area contributed by atoms with Crippen LogP contribution in [0.5, 0.6) is 5.75 Å². The third-order valence-electron chi connectivity index (χ3n) is 4.19. The van der Waals surface area contributed by atoms with Gasteiger partial charge in [0, 0.05) is 10.6 Å². The van der Waals surface area contributed by atoms with Crippen LogP contribution in [0, 0.1) is 20.8 Å². The van der Waals surface area contributed by atoms with Crippen LogP contribution >= 0.6 is 11.6 Å². The highest BCUT2D eigenvalue weighted by molar-refractivity contribution is 6.31. The first-order valence-corrected chi connectivity index (χ1v) is 8.87. The van der Waals surface area contributed by atoms with Crippen LogP contribution in [0.3, 0.4) is 0 Å². The molecule has 0 bridgehead atoms. The van der Waals surface area contributed by atoms with Gasteiger partial charge in [0.1, 0.15) is 5.75 Å². The minimum atomic E-state index is -0.742. The molecule has 0 aliphatic heterocycles. The quantitative estimate of drug-likeness (QED) is 0.687. The van der Waals surface area contributed by atoms with Crippen molar-refractivity contribution in [3.05, 3.63) is 58.1 Å². The summed E-state index contributed by atoms with van der Waals surface area (Å²) in [7, 11) is 0. The Hall–Kier alpha value is -2.86. The van der Waals surface area contributed by atoms with E-state index in [1.807, 2.05) is 39.0 Å². The van der Waals surface area contributed by atoms with Crippen molar-refractivity contribution in [2.24, 2.45) is 0 Å². The van der Waals surface area contributed by atoms with Crippen LogP contribution in [0.4, 0.5) is 5.82 Å². The molecule has 1 amide bonds. The molecule has 3 rings (SSSR count). The van der Waals surface area contributed by atoms with Gasteiger partial charge in [0.2, 0.25) is 5.82 Å². The number of halogens is 1. The minimum Gasteiger partial charge on any atom is -0.481 e. The molecule has 0 radical (unpaired) electrons. The molecule has 1 aromatic heterocycles. The van der Waals surface area contributed by atoms with Crippen LogP contribution in [-0.2, 0) is 4.79 Å². The number of benzene rings is 2. The molecule has 140 valence electrons. The van der Waals surface area contributed by atoms with Crippen LogP contribution in [0.2, 0.25) is 5.02 Å². The molecule has 0 aliphatic rings.